The van der Waals surface area contributed by atoms with E-state index in [0.717, 1.165) is 9.82 Å². The molecule has 0 amide bonds. The molecule has 3 rings (SSSR count). The van der Waals surface area contributed by atoms with Crippen molar-refractivity contribution in [3.05, 3.63) is 52.8 Å². The van der Waals surface area contributed by atoms with Crippen LogP contribution in [0.5, 0.6) is 5.75 Å². The molecule has 0 N–H and O–H groups in total. The summed E-state index contributed by atoms with van der Waals surface area (Å²) in [5.41, 5.74) is 1.47. The fourth-order valence-corrected chi connectivity index (χ4v) is 4.14. The van der Waals surface area contributed by atoms with Gasteiger partial charge in [0.15, 0.2) is 0 Å². The van der Waals surface area contributed by atoms with Gasteiger partial charge in [0.05, 0.1) is 23.0 Å². The molecule has 160 valence electrons. The number of sulfonamides is 1. The molecule has 2 aromatic carbocycles. The van der Waals surface area contributed by atoms with Crippen LogP contribution in [0.2, 0.25) is 5.02 Å². The van der Waals surface area contributed by atoms with Gasteiger partial charge in [-0.05, 0) is 43.3 Å². The fraction of sp³-hybridized carbons (Fsp3) is 0.300. The molecule has 0 aliphatic rings. The van der Waals surface area contributed by atoms with E-state index in [1.165, 1.54) is 39.4 Å². The van der Waals surface area contributed by atoms with Crippen molar-refractivity contribution >= 4 is 38.6 Å². The normalized spacial score (nSPS) is 11.8. The van der Waals surface area contributed by atoms with Gasteiger partial charge in [0, 0.05) is 25.7 Å². The summed E-state index contributed by atoms with van der Waals surface area (Å²) in [5, 5.41) is 0.387. The van der Waals surface area contributed by atoms with Crippen molar-refractivity contribution in [3.63, 3.8) is 0 Å². The number of methoxy groups -OCH3 is 1. The van der Waals surface area contributed by atoms with Crippen molar-refractivity contribution in [3.8, 4) is 5.75 Å². The van der Waals surface area contributed by atoms with Crippen molar-refractivity contribution in [2.45, 2.75) is 25.0 Å². The van der Waals surface area contributed by atoms with Gasteiger partial charge in [-0.1, -0.05) is 11.6 Å². The summed E-state index contributed by atoms with van der Waals surface area (Å²) in [6.07, 6.45) is 0. The topological polar surface area (TPSA) is 90.7 Å². The Balaban J connectivity index is 1.91. The molecule has 8 nitrogen and oxygen atoms in total. The summed E-state index contributed by atoms with van der Waals surface area (Å²) in [6, 6.07) is 9.44. The lowest BCUT2D eigenvalue weighted by Gasteiger charge is -2.11. The minimum absolute atomic E-state index is 0.0905. The molecule has 0 radical (unpaired) electrons. The molecule has 0 unspecified atom stereocenters. The Kier molecular flexibility index (Phi) is 6.35. The number of esters is 1. The highest BCUT2D eigenvalue weighted by molar-refractivity contribution is 7.89. The molecule has 0 bridgehead atoms. The number of hydrogen-bond donors (Lipinski definition) is 0. The van der Waals surface area contributed by atoms with E-state index < -0.39 is 16.0 Å². The Morgan fingerprint density at radius 3 is 2.57 bits per heavy atom. The van der Waals surface area contributed by atoms with Gasteiger partial charge in [-0.2, -0.15) is 0 Å². The molecule has 0 aliphatic carbocycles. The quantitative estimate of drug-likeness (QED) is 0.512. The van der Waals surface area contributed by atoms with Crippen molar-refractivity contribution in [2.24, 2.45) is 0 Å². The Labute approximate surface area is 180 Å². The number of rotatable bonds is 7. The molecule has 3 aromatic rings. The van der Waals surface area contributed by atoms with Crippen molar-refractivity contribution in [1.82, 2.24) is 13.9 Å². The van der Waals surface area contributed by atoms with Gasteiger partial charge in [0.1, 0.15) is 23.7 Å². The minimum Gasteiger partial charge on any atom is -0.496 e. The van der Waals surface area contributed by atoms with Gasteiger partial charge in [-0.25, -0.2) is 22.5 Å². The lowest BCUT2D eigenvalue weighted by atomic mass is 10.2. The van der Waals surface area contributed by atoms with Crippen molar-refractivity contribution in [1.29, 1.82) is 0 Å². The van der Waals surface area contributed by atoms with Crippen LogP contribution >= 0.6 is 11.6 Å². The minimum atomic E-state index is -3.58. The number of benzene rings is 2. The van der Waals surface area contributed by atoms with Gasteiger partial charge in [0.2, 0.25) is 10.0 Å². The predicted molar refractivity (Wildman–Crippen MR) is 113 cm³/mol. The third-order valence-corrected chi connectivity index (χ3v) is 6.65. The van der Waals surface area contributed by atoms with Crippen LogP contribution in [0, 0.1) is 0 Å². The highest BCUT2D eigenvalue weighted by Gasteiger charge is 2.21. The van der Waals surface area contributed by atoms with Crippen LogP contribution in [0.15, 0.2) is 41.3 Å². The maximum Gasteiger partial charge on any atom is 0.342 e. The van der Waals surface area contributed by atoms with Crippen LogP contribution in [0.4, 0.5) is 0 Å². The summed E-state index contributed by atoms with van der Waals surface area (Å²) in [6.45, 7) is 2.41. The zero-order valence-corrected chi connectivity index (χ0v) is 18.6. The van der Waals surface area contributed by atoms with Gasteiger partial charge in [-0.15, -0.1) is 0 Å². The number of hydrogen-bond acceptors (Lipinski definition) is 6. The SMILES string of the molecule is CCn1c(COC(=O)c2cc(Cl)ccc2OC)nc2cc(S(=O)(=O)N(C)C)ccc21. The first-order chi connectivity index (χ1) is 14.2. The number of aromatic nitrogens is 2. The van der Waals surface area contributed by atoms with Crippen LogP contribution in [0.25, 0.3) is 11.0 Å². The first-order valence-corrected chi connectivity index (χ1v) is 10.9. The molecule has 0 atom stereocenters. The smallest absolute Gasteiger partial charge is 0.342 e. The van der Waals surface area contributed by atoms with E-state index in [4.69, 9.17) is 21.1 Å². The third-order valence-electron chi connectivity index (χ3n) is 4.61. The number of carbonyl (C=O) groups excluding carboxylic acids is 1. The molecule has 0 aliphatic heterocycles. The second-order valence-electron chi connectivity index (χ2n) is 6.63. The highest BCUT2D eigenvalue weighted by Crippen LogP contribution is 2.25. The van der Waals surface area contributed by atoms with Crippen molar-refractivity contribution < 1.29 is 22.7 Å². The first kappa shape index (κ1) is 22.1. The Bertz CT molecular complexity index is 1200. The first-order valence-electron chi connectivity index (χ1n) is 9.11. The average molecular weight is 452 g/mol. The van der Waals surface area contributed by atoms with Gasteiger partial charge >= 0.3 is 5.97 Å². The molecule has 10 heteroatoms. The standard InChI is InChI=1S/C20H22ClN3O5S/c1-5-24-17-8-7-14(30(26,27)23(2)3)11-16(17)22-19(24)12-29-20(25)15-10-13(21)6-9-18(15)28-4/h6-11H,5,12H2,1-4H3. The fourth-order valence-electron chi connectivity index (χ4n) is 3.04. The number of fused-ring (bicyclic) bond motifs is 1. The summed E-state index contributed by atoms with van der Waals surface area (Å²) < 4.78 is 38.4. The van der Waals surface area contributed by atoms with E-state index >= 15 is 0 Å². The van der Waals surface area contributed by atoms with E-state index in [1.54, 1.807) is 18.2 Å². The van der Waals surface area contributed by atoms with Gasteiger partial charge < -0.3 is 14.0 Å². The lowest BCUT2D eigenvalue weighted by molar-refractivity contribution is 0.0455. The molecule has 1 aromatic heterocycles. The third kappa shape index (κ3) is 4.14. The van der Waals surface area contributed by atoms with E-state index in [-0.39, 0.29) is 17.1 Å². The van der Waals surface area contributed by atoms with Crippen LogP contribution in [-0.2, 0) is 27.9 Å². The summed E-state index contributed by atoms with van der Waals surface area (Å²) in [7, 11) is 0.817. The number of imidazole rings is 1. The number of halogens is 1. The monoisotopic (exact) mass is 451 g/mol. The molecular formula is C20H22ClN3O5S. The molecule has 0 saturated heterocycles. The second-order valence-corrected chi connectivity index (χ2v) is 9.22. The van der Waals surface area contributed by atoms with Crippen LogP contribution < -0.4 is 4.74 Å². The van der Waals surface area contributed by atoms with Crippen LogP contribution in [-0.4, -0.2) is 49.4 Å². The van der Waals surface area contributed by atoms with Gasteiger partial charge in [0.25, 0.3) is 0 Å². The molecule has 30 heavy (non-hydrogen) atoms. The van der Waals surface area contributed by atoms with Crippen molar-refractivity contribution in [2.75, 3.05) is 21.2 Å². The van der Waals surface area contributed by atoms with E-state index in [1.807, 2.05) is 11.5 Å². The molecule has 0 fully saturated rings. The summed E-state index contributed by atoms with van der Waals surface area (Å²) in [5.74, 6) is 0.258. The maximum atomic E-state index is 12.5. The van der Waals surface area contributed by atoms with E-state index in [9.17, 15) is 13.2 Å². The van der Waals surface area contributed by atoms with Gasteiger partial charge in [-0.3, -0.25) is 0 Å². The molecule has 1 heterocycles. The zero-order valence-electron chi connectivity index (χ0n) is 17.0. The zero-order chi connectivity index (χ0) is 22.1. The van der Waals surface area contributed by atoms with Crippen LogP contribution in [0.3, 0.4) is 0 Å². The average Bonchev–Trinajstić information content (AvgIpc) is 3.08. The lowest BCUT2D eigenvalue weighted by Crippen LogP contribution is -2.22. The van der Waals surface area contributed by atoms with Crippen LogP contribution in [0.1, 0.15) is 23.1 Å². The molecule has 0 spiro atoms. The maximum absolute atomic E-state index is 12.5. The Hall–Kier alpha value is -2.62. The Morgan fingerprint density at radius 1 is 1.20 bits per heavy atom. The largest absolute Gasteiger partial charge is 0.496 e. The summed E-state index contributed by atoms with van der Waals surface area (Å²) in [4.78, 5) is 17.2. The summed E-state index contributed by atoms with van der Waals surface area (Å²) >= 11 is 5.98. The number of carbonyl (C=O) groups is 1. The number of aryl methyl sites for hydroxylation is 1. The van der Waals surface area contributed by atoms with E-state index in [0.29, 0.717) is 28.7 Å². The number of ether oxygens (including phenoxy) is 2. The second kappa shape index (κ2) is 8.63. The van der Waals surface area contributed by atoms with E-state index in [2.05, 4.69) is 4.98 Å². The molecule has 0 saturated carbocycles. The Morgan fingerprint density at radius 2 is 1.93 bits per heavy atom. The predicted octanol–water partition coefficient (Wildman–Crippen LogP) is 3.33. The highest BCUT2D eigenvalue weighted by atomic mass is 35.5. The molecular weight excluding hydrogens is 430 g/mol. The number of nitrogens with zero attached hydrogens (tertiary/aromatic N) is 3.